The maximum Gasteiger partial charge on any atom is 0.209 e. The highest BCUT2D eigenvalue weighted by atomic mass is 32.2. The monoisotopic (exact) mass is 286 g/mol. The van der Waals surface area contributed by atoms with Crippen molar-refractivity contribution in [3.8, 4) is 0 Å². The molecule has 0 bridgehead atoms. The van der Waals surface area contributed by atoms with Gasteiger partial charge in [-0.05, 0) is 6.92 Å². The summed E-state index contributed by atoms with van der Waals surface area (Å²) in [7, 11) is -3.29. The Labute approximate surface area is 113 Å². The molecule has 0 radical (unpaired) electrons. The SMILES string of the molecule is Cc1ccc([C@@]2(CS(C)(=O)=O)OC[C@H](CO)O2)cc1. The standard InChI is InChI=1S/C13H18O5S/c1-10-3-5-11(6-4-10)13(9-19(2,15)16)17-8-12(7-14)18-13/h3-6,12,14H,7-9H2,1-2H3/t12-,13-/m0/s1. The summed E-state index contributed by atoms with van der Waals surface area (Å²) in [5.74, 6) is -1.58. The summed E-state index contributed by atoms with van der Waals surface area (Å²) in [5.41, 5.74) is 1.72. The summed E-state index contributed by atoms with van der Waals surface area (Å²) < 4.78 is 34.4. The fourth-order valence-electron chi connectivity index (χ4n) is 2.12. The van der Waals surface area contributed by atoms with Gasteiger partial charge in [0.25, 0.3) is 0 Å². The van der Waals surface area contributed by atoms with E-state index in [1.54, 1.807) is 12.1 Å². The summed E-state index contributed by atoms with van der Waals surface area (Å²) in [5, 5.41) is 9.13. The zero-order valence-corrected chi connectivity index (χ0v) is 11.8. The minimum absolute atomic E-state index is 0.180. The third-order valence-electron chi connectivity index (χ3n) is 3.01. The van der Waals surface area contributed by atoms with Crippen molar-refractivity contribution in [1.82, 2.24) is 0 Å². The number of hydrogen-bond acceptors (Lipinski definition) is 5. The molecule has 1 fully saturated rings. The van der Waals surface area contributed by atoms with Crippen LogP contribution in [0.4, 0.5) is 0 Å². The maximum atomic E-state index is 11.6. The van der Waals surface area contributed by atoms with Crippen LogP contribution in [-0.2, 0) is 25.1 Å². The summed E-state index contributed by atoms with van der Waals surface area (Å²) in [6.07, 6.45) is 0.644. The largest absolute Gasteiger partial charge is 0.394 e. The lowest BCUT2D eigenvalue weighted by Gasteiger charge is -2.27. The molecule has 0 aliphatic carbocycles. The van der Waals surface area contributed by atoms with Gasteiger partial charge in [-0.1, -0.05) is 29.8 Å². The second kappa shape index (κ2) is 5.20. The van der Waals surface area contributed by atoms with Gasteiger partial charge >= 0.3 is 0 Å². The van der Waals surface area contributed by atoms with Gasteiger partial charge in [0.2, 0.25) is 5.79 Å². The molecular formula is C13H18O5S. The van der Waals surface area contributed by atoms with E-state index in [1.807, 2.05) is 19.1 Å². The van der Waals surface area contributed by atoms with E-state index >= 15 is 0 Å². The van der Waals surface area contributed by atoms with Gasteiger partial charge in [0.05, 0.1) is 13.2 Å². The molecule has 2 rings (SSSR count). The lowest BCUT2D eigenvalue weighted by molar-refractivity contribution is -0.162. The number of aliphatic hydroxyl groups is 1. The van der Waals surface area contributed by atoms with Crippen molar-refractivity contribution >= 4 is 9.84 Å². The highest BCUT2D eigenvalue weighted by molar-refractivity contribution is 7.90. The fraction of sp³-hybridized carbons (Fsp3) is 0.538. The second-order valence-electron chi connectivity index (χ2n) is 4.92. The first-order valence-corrected chi connectivity index (χ1v) is 8.08. The van der Waals surface area contributed by atoms with Crippen molar-refractivity contribution in [3.63, 3.8) is 0 Å². The van der Waals surface area contributed by atoms with Crippen molar-refractivity contribution < 1.29 is 23.0 Å². The first-order chi connectivity index (χ1) is 8.85. The summed E-state index contributed by atoms with van der Waals surface area (Å²) >= 11 is 0. The number of aryl methyl sites for hydroxylation is 1. The molecule has 6 heteroatoms. The number of rotatable bonds is 4. The lowest BCUT2D eigenvalue weighted by Crippen LogP contribution is -2.36. The fourth-order valence-corrected chi connectivity index (χ4v) is 3.13. The zero-order valence-electron chi connectivity index (χ0n) is 11.0. The normalized spacial score (nSPS) is 27.6. The van der Waals surface area contributed by atoms with Gasteiger partial charge in [-0.25, -0.2) is 8.42 Å². The minimum atomic E-state index is -3.29. The average Bonchev–Trinajstić information content (AvgIpc) is 2.72. The summed E-state index contributed by atoms with van der Waals surface area (Å²) in [4.78, 5) is 0. The molecule has 0 amide bonds. The molecule has 19 heavy (non-hydrogen) atoms. The third kappa shape index (κ3) is 3.33. The van der Waals surface area contributed by atoms with Crippen LogP contribution in [0.2, 0.25) is 0 Å². The molecule has 1 aromatic carbocycles. The maximum absolute atomic E-state index is 11.6. The molecular weight excluding hydrogens is 268 g/mol. The smallest absolute Gasteiger partial charge is 0.209 e. The van der Waals surface area contributed by atoms with Gasteiger partial charge in [0, 0.05) is 11.8 Å². The van der Waals surface area contributed by atoms with E-state index in [0.717, 1.165) is 11.8 Å². The molecule has 5 nitrogen and oxygen atoms in total. The quantitative estimate of drug-likeness (QED) is 0.877. The van der Waals surface area contributed by atoms with E-state index < -0.39 is 21.7 Å². The Balaban J connectivity index is 2.37. The molecule has 1 heterocycles. The van der Waals surface area contributed by atoms with Crippen LogP contribution in [0, 0.1) is 6.92 Å². The van der Waals surface area contributed by atoms with E-state index in [0.29, 0.717) is 5.56 Å². The predicted octanol–water partition coefficient (Wildman–Crippen LogP) is 0.600. The molecule has 1 aromatic rings. The second-order valence-corrected chi connectivity index (χ2v) is 7.06. The molecule has 1 aliphatic heterocycles. The van der Waals surface area contributed by atoms with E-state index in [4.69, 9.17) is 14.6 Å². The van der Waals surface area contributed by atoms with E-state index in [-0.39, 0.29) is 19.0 Å². The van der Waals surface area contributed by atoms with Crippen LogP contribution in [0.25, 0.3) is 0 Å². The van der Waals surface area contributed by atoms with Gasteiger partial charge in [0.15, 0.2) is 9.84 Å². The van der Waals surface area contributed by atoms with Crippen molar-refractivity contribution in [2.24, 2.45) is 0 Å². The third-order valence-corrected chi connectivity index (χ3v) is 3.91. The van der Waals surface area contributed by atoms with Crippen LogP contribution in [0.3, 0.4) is 0 Å². The lowest BCUT2D eigenvalue weighted by atomic mass is 10.1. The van der Waals surface area contributed by atoms with Crippen molar-refractivity contribution in [3.05, 3.63) is 35.4 Å². The van der Waals surface area contributed by atoms with Gasteiger partial charge in [-0.15, -0.1) is 0 Å². The molecule has 106 valence electrons. The van der Waals surface area contributed by atoms with Crippen LogP contribution in [-0.4, -0.2) is 44.9 Å². The minimum Gasteiger partial charge on any atom is -0.394 e. The molecule has 0 aromatic heterocycles. The Morgan fingerprint density at radius 1 is 1.37 bits per heavy atom. The van der Waals surface area contributed by atoms with Gasteiger partial charge < -0.3 is 14.6 Å². The van der Waals surface area contributed by atoms with Gasteiger partial charge in [-0.3, -0.25) is 0 Å². The molecule has 1 N–H and O–H groups in total. The molecule has 0 saturated carbocycles. The Hall–Kier alpha value is -0.950. The van der Waals surface area contributed by atoms with Crippen molar-refractivity contribution in [2.75, 3.05) is 25.2 Å². The van der Waals surface area contributed by atoms with Gasteiger partial charge in [-0.2, -0.15) is 0 Å². The first-order valence-electron chi connectivity index (χ1n) is 6.02. The van der Waals surface area contributed by atoms with Crippen LogP contribution in [0.1, 0.15) is 11.1 Å². The highest BCUT2D eigenvalue weighted by Gasteiger charge is 2.45. The van der Waals surface area contributed by atoms with Crippen molar-refractivity contribution in [1.29, 1.82) is 0 Å². The molecule has 1 saturated heterocycles. The van der Waals surface area contributed by atoms with E-state index in [2.05, 4.69) is 0 Å². The number of benzene rings is 1. The van der Waals surface area contributed by atoms with Crippen LogP contribution in [0.15, 0.2) is 24.3 Å². The number of aliphatic hydroxyl groups excluding tert-OH is 1. The van der Waals surface area contributed by atoms with Gasteiger partial charge in [0.1, 0.15) is 11.9 Å². The Morgan fingerprint density at radius 3 is 2.47 bits per heavy atom. The number of ether oxygens (including phenoxy) is 2. The van der Waals surface area contributed by atoms with Crippen LogP contribution >= 0.6 is 0 Å². The Morgan fingerprint density at radius 2 is 2.00 bits per heavy atom. The highest BCUT2D eigenvalue weighted by Crippen LogP contribution is 2.35. The van der Waals surface area contributed by atoms with Crippen LogP contribution in [0.5, 0.6) is 0 Å². The first kappa shape index (κ1) is 14.5. The van der Waals surface area contributed by atoms with Crippen molar-refractivity contribution in [2.45, 2.75) is 18.8 Å². The average molecular weight is 286 g/mol. The number of sulfone groups is 1. The molecule has 2 atom stereocenters. The summed E-state index contributed by atoms with van der Waals surface area (Å²) in [6, 6.07) is 7.33. The Bertz CT molecular complexity index is 537. The molecule has 0 spiro atoms. The Kier molecular flexibility index (Phi) is 3.96. The zero-order chi connectivity index (χ0) is 14.1. The topological polar surface area (TPSA) is 72.8 Å². The predicted molar refractivity (Wildman–Crippen MR) is 70.5 cm³/mol. The van der Waals surface area contributed by atoms with E-state index in [1.165, 1.54) is 0 Å². The molecule has 1 aliphatic rings. The molecule has 0 unspecified atom stereocenters. The van der Waals surface area contributed by atoms with E-state index in [9.17, 15) is 8.42 Å². The number of hydrogen-bond donors (Lipinski definition) is 1. The summed E-state index contributed by atoms with van der Waals surface area (Å²) in [6.45, 7) is 1.93. The van der Waals surface area contributed by atoms with Crippen LogP contribution < -0.4 is 0 Å².